The molecule has 0 saturated heterocycles. The molecule has 1 unspecified atom stereocenters. The first-order valence-corrected chi connectivity index (χ1v) is 7.78. The molecule has 0 amide bonds. The fraction of sp³-hybridized carbons (Fsp3) is 0.455. The van der Waals surface area contributed by atoms with E-state index in [0.29, 0.717) is 11.2 Å². The molecule has 11 heteroatoms. The summed E-state index contributed by atoms with van der Waals surface area (Å²) in [5, 5.41) is 0. The van der Waals surface area contributed by atoms with Crippen LogP contribution in [0.4, 0.5) is 5.82 Å². The van der Waals surface area contributed by atoms with Gasteiger partial charge in [-0.05, 0) is 0 Å². The third kappa shape index (κ3) is 2.80. The summed E-state index contributed by atoms with van der Waals surface area (Å²) in [6.45, 7) is -0.0570. The number of nitrogens with two attached hydrogens (primary N) is 1. The Morgan fingerprint density at radius 1 is 1.32 bits per heavy atom. The van der Waals surface area contributed by atoms with Crippen molar-refractivity contribution in [3.63, 3.8) is 0 Å². The SMILES string of the molecule is COC(=O)C(Cn1cnc2c(N)ncnc21)P(=O)(OC)OC. The molecule has 120 valence electrons. The molecule has 2 aromatic rings. The van der Waals surface area contributed by atoms with Gasteiger partial charge in [0.1, 0.15) is 11.8 Å². The summed E-state index contributed by atoms with van der Waals surface area (Å²) < 4.78 is 28.5. The molecular weight excluding hydrogens is 313 g/mol. The van der Waals surface area contributed by atoms with E-state index in [2.05, 4.69) is 19.7 Å². The second-order valence-electron chi connectivity index (χ2n) is 4.27. The van der Waals surface area contributed by atoms with Crippen LogP contribution < -0.4 is 5.73 Å². The second kappa shape index (κ2) is 6.39. The molecular formula is C11H16N5O5P. The molecule has 10 nitrogen and oxygen atoms in total. The summed E-state index contributed by atoms with van der Waals surface area (Å²) in [5.41, 5.74) is 5.32. The van der Waals surface area contributed by atoms with Crippen LogP contribution in [0.15, 0.2) is 12.7 Å². The van der Waals surface area contributed by atoms with Gasteiger partial charge in [-0.3, -0.25) is 9.36 Å². The minimum absolute atomic E-state index is 0.0570. The number of methoxy groups -OCH3 is 1. The molecule has 2 N–H and O–H groups in total. The Labute approximate surface area is 126 Å². The predicted octanol–water partition coefficient (Wildman–Crippen LogP) is 0.436. The maximum absolute atomic E-state index is 12.5. The first-order chi connectivity index (χ1) is 10.5. The Hall–Kier alpha value is -2.03. The normalized spacial score (nSPS) is 13.2. The lowest BCUT2D eigenvalue weighted by atomic mass is 10.4. The number of hydrogen-bond donors (Lipinski definition) is 1. The van der Waals surface area contributed by atoms with Crippen LogP contribution in [-0.4, -0.2) is 52.5 Å². The van der Waals surface area contributed by atoms with E-state index in [4.69, 9.17) is 14.8 Å². The summed E-state index contributed by atoms with van der Waals surface area (Å²) in [6, 6.07) is 0. The van der Waals surface area contributed by atoms with E-state index in [0.717, 1.165) is 0 Å². The standard InChI is InChI=1S/C11H16N5O5P/c1-19-11(17)7(22(18,20-2)21-3)4-16-6-15-8-9(12)13-5-14-10(8)16/h5-7H,4H2,1-3H3,(H2,12,13,14). The van der Waals surface area contributed by atoms with Crippen LogP contribution >= 0.6 is 7.60 Å². The van der Waals surface area contributed by atoms with Crippen molar-refractivity contribution in [1.82, 2.24) is 19.5 Å². The maximum atomic E-state index is 12.5. The van der Waals surface area contributed by atoms with Crippen LogP contribution in [0.25, 0.3) is 11.2 Å². The van der Waals surface area contributed by atoms with Gasteiger partial charge in [-0.1, -0.05) is 0 Å². The Morgan fingerprint density at radius 2 is 2.00 bits per heavy atom. The Balaban J connectivity index is 2.44. The monoisotopic (exact) mass is 329 g/mol. The van der Waals surface area contributed by atoms with E-state index >= 15 is 0 Å². The van der Waals surface area contributed by atoms with Gasteiger partial charge in [-0.15, -0.1) is 0 Å². The first kappa shape index (κ1) is 16.3. The Morgan fingerprint density at radius 3 is 2.59 bits per heavy atom. The zero-order chi connectivity index (χ0) is 16.3. The van der Waals surface area contributed by atoms with E-state index < -0.39 is 19.2 Å². The predicted molar refractivity (Wildman–Crippen MR) is 77.2 cm³/mol. The third-order valence-corrected chi connectivity index (χ3v) is 5.32. The molecule has 2 heterocycles. The van der Waals surface area contributed by atoms with Gasteiger partial charge in [0.2, 0.25) is 0 Å². The second-order valence-corrected chi connectivity index (χ2v) is 6.71. The Kier molecular flexibility index (Phi) is 4.74. The highest BCUT2D eigenvalue weighted by Crippen LogP contribution is 2.52. The molecule has 2 rings (SSSR count). The number of aromatic nitrogens is 4. The van der Waals surface area contributed by atoms with Crippen LogP contribution in [0.2, 0.25) is 0 Å². The quantitative estimate of drug-likeness (QED) is 0.592. The van der Waals surface area contributed by atoms with Crippen molar-refractivity contribution in [3.8, 4) is 0 Å². The molecule has 0 aliphatic heterocycles. The van der Waals surface area contributed by atoms with Gasteiger partial charge >= 0.3 is 13.6 Å². The number of esters is 1. The summed E-state index contributed by atoms with van der Waals surface area (Å²) >= 11 is 0. The van der Waals surface area contributed by atoms with Crippen LogP contribution in [0.3, 0.4) is 0 Å². The highest BCUT2D eigenvalue weighted by Gasteiger charge is 2.41. The number of carbonyl (C=O) groups excluding carboxylic acids is 1. The molecule has 2 aromatic heterocycles. The lowest BCUT2D eigenvalue weighted by molar-refractivity contribution is -0.140. The molecule has 0 radical (unpaired) electrons. The van der Waals surface area contributed by atoms with Gasteiger partial charge in [0.25, 0.3) is 0 Å². The minimum Gasteiger partial charge on any atom is -0.468 e. The van der Waals surface area contributed by atoms with Crippen molar-refractivity contribution >= 4 is 30.5 Å². The number of hydrogen-bond acceptors (Lipinski definition) is 9. The van der Waals surface area contributed by atoms with Gasteiger partial charge in [0.15, 0.2) is 17.1 Å². The first-order valence-electron chi connectivity index (χ1n) is 6.17. The zero-order valence-corrected chi connectivity index (χ0v) is 13.2. The largest absolute Gasteiger partial charge is 0.468 e. The van der Waals surface area contributed by atoms with Crippen molar-refractivity contribution in [2.75, 3.05) is 27.1 Å². The fourth-order valence-corrected chi connectivity index (χ4v) is 3.38. The number of nitrogens with zero attached hydrogens (tertiary/aromatic N) is 4. The molecule has 0 aliphatic carbocycles. The van der Waals surface area contributed by atoms with Gasteiger partial charge in [-0.2, -0.15) is 0 Å². The average Bonchev–Trinajstić information content (AvgIpc) is 2.95. The van der Waals surface area contributed by atoms with Crippen LogP contribution in [0, 0.1) is 0 Å². The van der Waals surface area contributed by atoms with E-state index in [1.807, 2.05) is 0 Å². The maximum Gasteiger partial charge on any atom is 0.346 e. The summed E-state index contributed by atoms with van der Waals surface area (Å²) in [5.74, 6) is -0.518. The van der Waals surface area contributed by atoms with Gasteiger partial charge in [-0.25, -0.2) is 15.0 Å². The molecule has 0 fully saturated rings. The number of imidazole rings is 1. The lowest BCUT2D eigenvalue weighted by Crippen LogP contribution is -2.28. The van der Waals surface area contributed by atoms with Crippen molar-refractivity contribution in [2.45, 2.75) is 12.2 Å². The van der Waals surface area contributed by atoms with Crippen LogP contribution in [-0.2, 0) is 29.7 Å². The number of carbonyl (C=O) groups is 1. The summed E-state index contributed by atoms with van der Waals surface area (Å²) in [6.07, 6.45) is 2.69. The molecule has 0 aromatic carbocycles. The minimum atomic E-state index is -3.69. The van der Waals surface area contributed by atoms with Crippen molar-refractivity contribution in [3.05, 3.63) is 12.7 Å². The van der Waals surface area contributed by atoms with Crippen LogP contribution in [0.1, 0.15) is 0 Å². The average molecular weight is 329 g/mol. The van der Waals surface area contributed by atoms with Crippen molar-refractivity contribution in [2.24, 2.45) is 0 Å². The number of nitrogen functional groups attached to an aromatic ring is 1. The molecule has 0 spiro atoms. The fourth-order valence-electron chi connectivity index (χ4n) is 1.99. The Bertz CT molecular complexity index is 725. The van der Waals surface area contributed by atoms with E-state index in [1.165, 1.54) is 38.6 Å². The van der Waals surface area contributed by atoms with Gasteiger partial charge < -0.3 is 24.1 Å². The zero-order valence-electron chi connectivity index (χ0n) is 12.3. The molecule has 0 bridgehead atoms. The van der Waals surface area contributed by atoms with Gasteiger partial charge in [0.05, 0.1) is 20.0 Å². The third-order valence-electron chi connectivity index (χ3n) is 3.16. The molecule has 0 saturated carbocycles. The van der Waals surface area contributed by atoms with Crippen LogP contribution in [0.5, 0.6) is 0 Å². The molecule has 1 atom stereocenters. The topological polar surface area (TPSA) is 131 Å². The molecule has 22 heavy (non-hydrogen) atoms. The number of fused-ring (bicyclic) bond motifs is 1. The number of anilines is 1. The smallest absolute Gasteiger partial charge is 0.346 e. The highest BCUT2D eigenvalue weighted by molar-refractivity contribution is 7.55. The van der Waals surface area contributed by atoms with Crippen molar-refractivity contribution in [1.29, 1.82) is 0 Å². The highest BCUT2D eigenvalue weighted by atomic mass is 31.2. The molecule has 0 aliphatic rings. The van der Waals surface area contributed by atoms with E-state index in [1.54, 1.807) is 0 Å². The summed E-state index contributed by atoms with van der Waals surface area (Å²) in [7, 11) is -0.0995. The van der Waals surface area contributed by atoms with E-state index in [-0.39, 0.29) is 12.4 Å². The lowest BCUT2D eigenvalue weighted by Gasteiger charge is -2.22. The van der Waals surface area contributed by atoms with Crippen molar-refractivity contribution < 1.29 is 23.1 Å². The number of ether oxygens (including phenoxy) is 1. The van der Waals surface area contributed by atoms with Gasteiger partial charge in [0, 0.05) is 14.2 Å². The summed E-state index contributed by atoms with van der Waals surface area (Å²) in [4.78, 5) is 23.9. The van der Waals surface area contributed by atoms with E-state index in [9.17, 15) is 9.36 Å². The number of rotatable bonds is 6.